The first-order chi connectivity index (χ1) is 5.12. The van der Waals surface area contributed by atoms with Crippen molar-refractivity contribution in [3.05, 3.63) is 0 Å². The van der Waals surface area contributed by atoms with Crippen molar-refractivity contribution in [2.24, 2.45) is 0 Å². The zero-order chi connectivity index (χ0) is 8.74. The lowest BCUT2D eigenvalue weighted by molar-refractivity contribution is -0.0225. The van der Waals surface area contributed by atoms with E-state index < -0.39 is 0 Å². The summed E-state index contributed by atoms with van der Waals surface area (Å²) in [6, 6.07) is 0. The molecule has 0 amide bonds. The molecule has 0 saturated heterocycles. The summed E-state index contributed by atoms with van der Waals surface area (Å²) in [6.07, 6.45) is 2.84. The van der Waals surface area contributed by atoms with Gasteiger partial charge >= 0.3 is 0 Å². The Balaban J connectivity index is 3.23. The average molecular weight is 160 g/mol. The molecule has 0 aromatic carbocycles. The maximum Gasteiger partial charge on any atom is 0.0623 e. The van der Waals surface area contributed by atoms with Crippen LogP contribution in [-0.2, 0) is 4.74 Å². The summed E-state index contributed by atoms with van der Waals surface area (Å²) in [6.45, 7) is 7.33. The summed E-state index contributed by atoms with van der Waals surface area (Å²) in [7, 11) is 0. The lowest BCUT2D eigenvalue weighted by Gasteiger charge is -2.23. The van der Waals surface area contributed by atoms with Crippen LogP contribution in [0.5, 0.6) is 0 Å². The van der Waals surface area contributed by atoms with Crippen molar-refractivity contribution in [3.63, 3.8) is 0 Å². The van der Waals surface area contributed by atoms with E-state index in [0.717, 1.165) is 25.9 Å². The molecule has 0 atom stereocenters. The van der Waals surface area contributed by atoms with Crippen LogP contribution in [-0.4, -0.2) is 23.9 Å². The van der Waals surface area contributed by atoms with Gasteiger partial charge in [0.1, 0.15) is 0 Å². The zero-order valence-electron chi connectivity index (χ0n) is 7.89. The van der Waals surface area contributed by atoms with E-state index in [1.807, 2.05) is 0 Å². The van der Waals surface area contributed by atoms with Gasteiger partial charge < -0.3 is 9.84 Å². The van der Waals surface area contributed by atoms with Crippen molar-refractivity contribution >= 4 is 0 Å². The zero-order valence-corrected chi connectivity index (χ0v) is 7.89. The van der Waals surface area contributed by atoms with Crippen molar-refractivity contribution in [1.82, 2.24) is 0 Å². The molecule has 0 aliphatic rings. The van der Waals surface area contributed by atoms with Crippen LogP contribution in [0, 0.1) is 0 Å². The minimum Gasteiger partial charge on any atom is -0.396 e. The average Bonchev–Trinajstić information content (AvgIpc) is 1.99. The third-order valence-corrected chi connectivity index (χ3v) is 1.90. The molecule has 2 heteroatoms. The second-order valence-corrected chi connectivity index (χ2v) is 3.39. The van der Waals surface area contributed by atoms with Gasteiger partial charge in [0.15, 0.2) is 0 Å². The molecule has 0 heterocycles. The monoisotopic (exact) mass is 160 g/mol. The Hall–Kier alpha value is -0.0800. The lowest BCUT2D eigenvalue weighted by Crippen LogP contribution is -2.23. The van der Waals surface area contributed by atoms with Crippen molar-refractivity contribution in [3.8, 4) is 0 Å². The predicted octanol–water partition coefficient (Wildman–Crippen LogP) is 1.96. The molecule has 0 aromatic rings. The fraction of sp³-hybridized carbons (Fsp3) is 1.00. The molecule has 0 unspecified atom stereocenters. The summed E-state index contributed by atoms with van der Waals surface area (Å²) in [5.41, 5.74) is 0.00938. The molecule has 0 rings (SSSR count). The minimum absolute atomic E-state index is 0.00938. The molecule has 11 heavy (non-hydrogen) atoms. The van der Waals surface area contributed by atoms with Gasteiger partial charge in [-0.05, 0) is 33.1 Å². The van der Waals surface area contributed by atoms with Crippen molar-refractivity contribution < 1.29 is 9.84 Å². The number of rotatable bonds is 6. The normalized spacial score (nSPS) is 12.0. The van der Waals surface area contributed by atoms with Crippen LogP contribution in [0.4, 0.5) is 0 Å². The number of unbranched alkanes of at least 4 members (excludes halogenated alkanes) is 1. The second-order valence-electron chi connectivity index (χ2n) is 3.39. The predicted molar refractivity (Wildman–Crippen MR) is 46.6 cm³/mol. The first kappa shape index (κ1) is 10.9. The number of ether oxygens (including phenoxy) is 1. The van der Waals surface area contributed by atoms with Gasteiger partial charge in [-0.2, -0.15) is 0 Å². The topological polar surface area (TPSA) is 29.5 Å². The number of hydrogen-bond acceptors (Lipinski definition) is 2. The minimum atomic E-state index is 0.00938. The first-order valence-corrected chi connectivity index (χ1v) is 4.37. The van der Waals surface area contributed by atoms with Gasteiger partial charge in [0.2, 0.25) is 0 Å². The third-order valence-electron chi connectivity index (χ3n) is 1.90. The van der Waals surface area contributed by atoms with Gasteiger partial charge in [-0.25, -0.2) is 0 Å². The van der Waals surface area contributed by atoms with Crippen LogP contribution < -0.4 is 0 Å². The van der Waals surface area contributed by atoms with E-state index in [9.17, 15) is 0 Å². The SMILES string of the molecule is CCC(C)(C)OCCCCO. The van der Waals surface area contributed by atoms with Crippen molar-refractivity contribution in [1.29, 1.82) is 0 Å². The third kappa shape index (κ3) is 6.32. The van der Waals surface area contributed by atoms with Gasteiger partial charge in [-0.1, -0.05) is 6.92 Å². The number of aliphatic hydroxyl groups excluding tert-OH is 1. The Morgan fingerprint density at radius 3 is 2.36 bits per heavy atom. The van der Waals surface area contributed by atoms with E-state index >= 15 is 0 Å². The Bertz CT molecular complexity index is 89.6. The summed E-state index contributed by atoms with van der Waals surface area (Å²) in [4.78, 5) is 0. The molecule has 1 N–H and O–H groups in total. The fourth-order valence-electron chi connectivity index (χ4n) is 0.664. The van der Waals surface area contributed by atoms with E-state index in [2.05, 4.69) is 20.8 Å². The van der Waals surface area contributed by atoms with Gasteiger partial charge in [-0.3, -0.25) is 0 Å². The largest absolute Gasteiger partial charge is 0.396 e. The highest BCUT2D eigenvalue weighted by Crippen LogP contribution is 2.13. The molecule has 0 fully saturated rings. The maximum atomic E-state index is 8.50. The Labute approximate surface area is 69.6 Å². The number of hydrogen-bond donors (Lipinski definition) is 1. The molecule has 0 saturated carbocycles. The molecule has 0 aromatic heterocycles. The second kappa shape index (κ2) is 5.56. The smallest absolute Gasteiger partial charge is 0.0623 e. The van der Waals surface area contributed by atoms with E-state index in [-0.39, 0.29) is 12.2 Å². The Morgan fingerprint density at radius 1 is 1.27 bits per heavy atom. The quantitative estimate of drug-likeness (QED) is 0.602. The molecule has 0 bridgehead atoms. The maximum absolute atomic E-state index is 8.50. The number of aliphatic hydroxyl groups is 1. The molecule has 2 nitrogen and oxygen atoms in total. The van der Waals surface area contributed by atoms with Crippen LogP contribution in [0.15, 0.2) is 0 Å². The lowest BCUT2D eigenvalue weighted by atomic mass is 10.1. The molecule has 0 aliphatic carbocycles. The van der Waals surface area contributed by atoms with Crippen LogP contribution >= 0.6 is 0 Å². The van der Waals surface area contributed by atoms with Crippen LogP contribution in [0.25, 0.3) is 0 Å². The van der Waals surface area contributed by atoms with Crippen LogP contribution in [0.1, 0.15) is 40.0 Å². The van der Waals surface area contributed by atoms with Crippen LogP contribution in [0.2, 0.25) is 0 Å². The molecule has 0 aliphatic heterocycles. The van der Waals surface area contributed by atoms with Gasteiger partial charge in [0.25, 0.3) is 0 Å². The molecule has 0 spiro atoms. The Kier molecular flexibility index (Phi) is 5.51. The highest BCUT2D eigenvalue weighted by atomic mass is 16.5. The van der Waals surface area contributed by atoms with E-state index in [1.165, 1.54) is 0 Å². The fourth-order valence-corrected chi connectivity index (χ4v) is 0.664. The van der Waals surface area contributed by atoms with E-state index in [0.29, 0.717) is 0 Å². The molecular weight excluding hydrogens is 140 g/mol. The molecular formula is C9H20O2. The molecule has 0 radical (unpaired) electrons. The van der Waals surface area contributed by atoms with Crippen molar-refractivity contribution in [2.75, 3.05) is 13.2 Å². The first-order valence-electron chi connectivity index (χ1n) is 4.37. The van der Waals surface area contributed by atoms with Gasteiger partial charge in [0.05, 0.1) is 5.60 Å². The summed E-state index contributed by atoms with van der Waals surface area (Å²) in [5.74, 6) is 0. The van der Waals surface area contributed by atoms with Crippen LogP contribution in [0.3, 0.4) is 0 Å². The van der Waals surface area contributed by atoms with Gasteiger partial charge in [-0.15, -0.1) is 0 Å². The Morgan fingerprint density at radius 2 is 1.91 bits per heavy atom. The molecule has 68 valence electrons. The van der Waals surface area contributed by atoms with E-state index in [1.54, 1.807) is 0 Å². The summed E-state index contributed by atoms with van der Waals surface area (Å²) in [5, 5.41) is 8.50. The summed E-state index contributed by atoms with van der Waals surface area (Å²) >= 11 is 0. The standard InChI is InChI=1S/C9H20O2/c1-4-9(2,3)11-8-6-5-7-10/h10H,4-8H2,1-3H3. The van der Waals surface area contributed by atoms with E-state index in [4.69, 9.17) is 9.84 Å². The summed E-state index contributed by atoms with van der Waals surface area (Å²) < 4.78 is 5.57. The van der Waals surface area contributed by atoms with Gasteiger partial charge in [0, 0.05) is 13.2 Å². The van der Waals surface area contributed by atoms with Crippen molar-refractivity contribution in [2.45, 2.75) is 45.6 Å². The highest BCUT2D eigenvalue weighted by molar-refractivity contribution is 4.64. The highest BCUT2D eigenvalue weighted by Gasteiger charge is 2.13.